The van der Waals surface area contributed by atoms with Crippen molar-refractivity contribution in [3.8, 4) is 0 Å². The predicted molar refractivity (Wildman–Crippen MR) is 136 cm³/mol. The van der Waals surface area contributed by atoms with Gasteiger partial charge in [0, 0.05) is 30.6 Å². The summed E-state index contributed by atoms with van der Waals surface area (Å²) in [5.74, 6) is 2.04. The van der Waals surface area contributed by atoms with Gasteiger partial charge in [-0.15, -0.1) is 0 Å². The highest BCUT2D eigenvalue weighted by atomic mass is 15.3. The van der Waals surface area contributed by atoms with Crippen LogP contribution in [0.25, 0.3) is 0 Å². The molecule has 0 radical (unpaired) electrons. The number of nitrogens with one attached hydrogen (secondary N) is 1. The molecule has 33 heavy (non-hydrogen) atoms. The Morgan fingerprint density at radius 3 is 1.97 bits per heavy atom. The first-order valence-corrected chi connectivity index (χ1v) is 13.0. The second kappa shape index (κ2) is 9.44. The maximum Gasteiger partial charge on any atom is 0.0364 e. The molecule has 6 unspecified atom stereocenters. The molecule has 4 aliphatic rings. The van der Waals surface area contributed by atoms with Crippen molar-refractivity contribution in [3.63, 3.8) is 0 Å². The first-order valence-electron chi connectivity index (χ1n) is 13.0. The second-order valence-corrected chi connectivity index (χ2v) is 10.4. The van der Waals surface area contributed by atoms with Crippen molar-refractivity contribution in [3.05, 3.63) is 108 Å². The van der Waals surface area contributed by atoms with E-state index in [2.05, 4.69) is 101 Å². The third-order valence-corrected chi connectivity index (χ3v) is 8.73. The van der Waals surface area contributed by atoms with Gasteiger partial charge in [0.15, 0.2) is 0 Å². The summed E-state index contributed by atoms with van der Waals surface area (Å²) in [5, 5.41) is 4.13. The van der Waals surface area contributed by atoms with Crippen LogP contribution in [0.3, 0.4) is 0 Å². The third-order valence-electron chi connectivity index (χ3n) is 8.73. The summed E-state index contributed by atoms with van der Waals surface area (Å²) in [5.41, 5.74) is 4.31. The maximum atomic E-state index is 4.13. The van der Waals surface area contributed by atoms with E-state index in [1.807, 2.05) is 0 Å². The van der Waals surface area contributed by atoms with E-state index in [1.165, 1.54) is 55.3 Å². The summed E-state index contributed by atoms with van der Waals surface area (Å²) in [4.78, 5) is 2.96. The molecule has 170 valence electrons. The molecular weight excluding hydrogens is 400 g/mol. The molecule has 3 saturated heterocycles. The maximum absolute atomic E-state index is 4.13. The van der Waals surface area contributed by atoms with E-state index < -0.39 is 0 Å². The smallest absolute Gasteiger partial charge is 0.0364 e. The molecule has 2 nitrogen and oxygen atoms in total. The molecule has 0 spiro atoms. The highest BCUT2D eigenvalue weighted by Crippen LogP contribution is 2.51. The molecule has 1 N–H and O–H groups in total. The van der Waals surface area contributed by atoms with Gasteiger partial charge in [-0.3, -0.25) is 4.90 Å². The molecule has 3 heterocycles. The number of rotatable bonds is 6. The Morgan fingerprint density at radius 2 is 1.30 bits per heavy atom. The SMILES string of the molecule is c1ccc(CNC2C3CCN(C4CCCCC34)C2C(c2ccccc2)c2ccccc2)cc1. The quantitative estimate of drug-likeness (QED) is 0.492. The van der Waals surface area contributed by atoms with Crippen molar-refractivity contribution in [1.29, 1.82) is 0 Å². The Morgan fingerprint density at radius 1 is 0.697 bits per heavy atom. The van der Waals surface area contributed by atoms with Gasteiger partial charge in [-0.1, -0.05) is 104 Å². The molecule has 1 saturated carbocycles. The third kappa shape index (κ3) is 4.05. The summed E-state index contributed by atoms with van der Waals surface area (Å²) < 4.78 is 0. The van der Waals surface area contributed by atoms with Crippen LogP contribution in [0.1, 0.15) is 54.7 Å². The van der Waals surface area contributed by atoms with Crippen molar-refractivity contribution >= 4 is 0 Å². The van der Waals surface area contributed by atoms with Gasteiger partial charge in [-0.2, -0.15) is 0 Å². The Hall–Kier alpha value is -2.42. The molecule has 0 aromatic heterocycles. The van der Waals surface area contributed by atoms with Crippen molar-refractivity contribution in [2.24, 2.45) is 11.8 Å². The van der Waals surface area contributed by atoms with Gasteiger partial charge < -0.3 is 5.32 Å². The fourth-order valence-corrected chi connectivity index (χ4v) is 7.41. The van der Waals surface area contributed by atoms with E-state index in [9.17, 15) is 0 Å². The first-order chi connectivity index (χ1) is 16.4. The van der Waals surface area contributed by atoms with Crippen molar-refractivity contribution in [1.82, 2.24) is 10.2 Å². The summed E-state index contributed by atoms with van der Waals surface area (Å²) in [6.45, 7) is 2.22. The molecule has 2 heteroatoms. The fraction of sp³-hybridized carbons (Fsp3) is 0.419. The zero-order valence-corrected chi connectivity index (χ0v) is 19.5. The highest BCUT2D eigenvalue weighted by Gasteiger charge is 2.54. The van der Waals surface area contributed by atoms with E-state index >= 15 is 0 Å². The van der Waals surface area contributed by atoms with Crippen molar-refractivity contribution in [2.75, 3.05) is 6.54 Å². The number of nitrogens with zero attached hydrogens (tertiary/aromatic N) is 1. The van der Waals surface area contributed by atoms with Gasteiger partial charge in [0.25, 0.3) is 0 Å². The molecular formula is C31H36N2. The Kier molecular flexibility index (Phi) is 6.05. The number of hydrogen-bond donors (Lipinski definition) is 1. The lowest BCUT2D eigenvalue weighted by molar-refractivity contribution is -0.0981. The van der Waals surface area contributed by atoms with Crippen LogP contribution in [-0.2, 0) is 6.54 Å². The lowest BCUT2D eigenvalue weighted by Gasteiger charge is -2.62. The topological polar surface area (TPSA) is 15.3 Å². The number of hydrogen-bond acceptors (Lipinski definition) is 2. The van der Waals surface area contributed by atoms with Gasteiger partial charge >= 0.3 is 0 Å². The Balaban J connectivity index is 1.41. The first kappa shape index (κ1) is 21.1. The van der Waals surface area contributed by atoms with Crippen molar-refractivity contribution < 1.29 is 0 Å². The molecule has 3 aromatic carbocycles. The van der Waals surface area contributed by atoms with Gasteiger partial charge in [-0.25, -0.2) is 0 Å². The van der Waals surface area contributed by atoms with Crippen LogP contribution in [-0.4, -0.2) is 29.6 Å². The number of fused-ring (bicyclic) bond motifs is 2. The molecule has 1 aliphatic carbocycles. The zero-order chi connectivity index (χ0) is 22.0. The van der Waals surface area contributed by atoms with E-state index in [4.69, 9.17) is 0 Å². The average molecular weight is 437 g/mol. The van der Waals surface area contributed by atoms with Gasteiger partial charge in [-0.05, 0) is 54.3 Å². The van der Waals surface area contributed by atoms with Gasteiger partial charge in [0.05, 0.1) is 0 Å². The molecule has 3 aromatic rings. The molecule has 6 atom stereocenters. The molecule has 4 fully saturated rings. The second-order valence-electron chi connectivity index (χ2n) is 10.4. The minimum absolute atomic E-state index is 0.395. The summed E-state index contributed by atoms with van der Waals surface area (Å²) >= 11 is 0. The largest absolute Gasteiger partial charge is 0.308 e. The summed E-state index contributed by atoms with van der Waals surface area (Å²) in [6, 6.07) is 35.4. The van der Waals surface area contributed by atoms with Gasteiger partial charge in [0.1, 0.15) is 0 Å². The molecule has 7 rings (SSSR count). The minimum Gasteiger partial charge on any atom is -0.308 e. The monoisotopic (exact) mass is 436 g/mol. The van der Waals surface area contributed by atoms with Crippen LogP contribution in [0.4, 0.5) is 0 Å². The standard InChI is InChI=1S/C31H36N2/c1-4-12-23(13-5-1)22-32-30-27-20-21-33(28-19-11-10-18-26(27)28)31(30)29(24-14-6-2-7-15-24)25-16-8-3-9-17-25/h1-9,12-17,26-32H,10-11,18-22H2. The zero-order valence-electron chi connectivity index (χ0n) is 19.5. The van der Waals surface area contributed by atoms with Crippen LogP contribution in [0.5, 0.6) is 0 Å². The van der Waals surface area contributed by atoms with Gasteiger partial charge in [0.2, 0.25) is 0 Å². The van der Waals surface area contributed by atoms with Crippen LogP contribution < -0.4 is 5.32 Å². The van der Waals surface area contributed by atoms with Crippen LogP contribution in [0.2, 0.25) is 0 Å². The highest BCUT2D eigenvalue weighted by molar-refractivity contribution is 5.36. The normalized spacial score (nSPS) is 30.8. The summed E-state index contributed by atoms with van der Waals surface area (Å²) in [6.07, 6.45) is 6.98. The minimum atomic E-state index is 0.395. The van der Waals surface area contributed by atoms with Crippen LogP contribution in [0.15, 0.2) is 91.0 Å². The summed E-state index contributed by atoms with van der Waals surface area (Å²) in [7, 11) is 0. The van der Waals surface area contributed by atoms with E-state index in [0.717, 1.165) is 24.4 Å². The molecule has 2 bridgehead atoms. The lowest BCUT2D eigenvalue weighted by Crippen LogP contribution is -2.71. The number of piperidine rings is 3. The molecule has 3 aliphatic heterocycles. The average Bonchev–Trinajstić information content (AvgIpc) is 2.90. The van der Waals surface area contributed by atoms with E-state index in [-0.39, 0.29) is 0 Å². The van der Waals surface area contributed by atoms with E-state index in [0.29, 0.717) is 18.0 Å². The van der Waals surface area contributed by atoms with Crippen LogP contribution >= 0.6 is 0 Å². The Bertz CT molecular complexity index is 979. The van der Waals surface area contributed by atoms with E-state index in [1.54, 1.807) is 0 Å². The van der Waals surface area contributed by atoms with Crippen molar-refractivity contribution in [2.45, 2.75) is 62.7 Å². The fourth-order valence-electron chi connectivity index (χ4n) is 7.41. The predicted octanol–water partition coefficient (Wildman–Crippen LogP) is 6.24. The Labute approximate surface area is 199 Å². The molecule has 0 amide bonds. The lowest BCUT2D eigenvalue weighted by atomic mass is 9.60. The number of benzene rings is 3. The van der Waals surface area contributed by atoms with Crippen LogP contribution in [0, 0.1) is 11.8 Å².